The first-order valence-corrected chi connectivity index (χ1v) is 9.21. The molecule has 8 heteroatoms. The topological polar surface area (TPSA) is 108 Å². The maximum Gasteiger partial charge on any atom is 0.314 e. The highest BCUT2D eigenvalue weighted by atomic mass is 16.6. The van der Waals surface area contributed by atoms with Crippen LogP contribution in [0.3, 0.4) is 0 Å². The summed E-state index contributed by atoms with van der Waals surface area (Å²) in [5.74, 6) is -1.33. The van der Waals surface area contributed by atoms with Gasteiger partial charge in [-0.3, -0.25) is 19.7 Å². The molecule has 0 saturated carbocycles. The Morgan fingerprint density at radius 1 is 1.17 bits per heavy atom. The summed E-state index contributed by atoms with van der Waals surface area (Å²) in [5.41, 5.74) is 0.926. The number of non-ortho nitro benzene ring substituents is 1. The van der Waals surface area contributed by atoms with Gasteiger partial charge in [-0.25, -0.2) is 0 Å². The normalized spacial score (nSPS) is 12.5. The molecule has 154 valence electrons. The molecule has 2 aromatic rings. The van der Waals surface area contributed by atoms with E-state index in [1.807, 2.05) is 44.2 Å². The van der Waals surface area contributed by atoms with Crippen molar-refractivity contribution in [3.05, 3.63) is 64.2 Å². The molecule has 0 spiro atoms. The fraction of sp³-hybridized carbons (Fsp3) is 0.333. The summed E-state index contributed by atoms with van der Waals surface area (Å²) < 4.78 is 10.3. The predicted octanol–water partition coefficient (Wildman–Crippen LogP) is 3.92. The molecule has 1 amide bonds. The minimum Gasteiger partial charge on any atom is -0.494 e. The van der Waals surface area contributed by atoms with Gasteiger partial charge in [0.05, 0.1) is 29.7 Å². The number of methoxy groups -OCH3 is 1. The lowest BCUT2D eigenvalue weighted by molar-refractivity contribution is -0.384. The Kier molecular flexibility index (Phi) is 7.70. The Balaban J connectivity index is 2.04. The zero-order valence-electron chi connectivity index (χ0n) is 16.6. The first-order valence-electron chi connectivity index (χ1n) is 9.21. The quantitative estimate of drug-likeness (QED) is 0.388. The number of hydrogen-bond donors (Lipinski definition) is 1. The highest BCUT2D eigenvalue weighted by molar-refractivity contribution is 5.94. The molecule has 29 heavy (non-hydrogen) atoms. The molecule has 0 radical (unpaired) electrons. The van der Waals surface area contributed by atoms with Crippen molar-refractivity contribution in [3.8, 4) is 5.75 Å². The Bertz CT molecular complexity index is 869. The van der Waals surface area contributed by atoms with Crippen molar-refractivity contribution in [2.45, 2.75) is 26.2 Å². The molecule has 0 fully saturated rings. The molecule has 0 aliphatic heterocycles. The van der Waals surface area contributed by atoms with Crippen molar-refractivity contribution in [1.29, 1.82) is 0 Å². The van der Waals surface area contributed by atoms with Gasteiger partial charge < -0.3 is 14.8 Å². The maximum atomic E-state index is 12.6. The van der Waals surface area contributed by atoms with Crippen LogP contribution in [0.2, 0.25) is 0 Å². The van der Waals surface area contributed by atoms with Gasteiger partial charge in [0.1, 0.15) is 5.75 Å². The van der Waals surface area contributed by atoms with E-state index in [9.17, 15) is 19.7 Å². The highest BCUT2D eigenvalue weighted by Crippen LogP contribution is 2.30. The van der Waals surface area contributed by atoms with Gasteiger partial charge in [-0.05, 0) is 17.5 Å². The van der Waals surface area contributed by atoms with Crippen LogP contribution < -0.4 is 10.1 Å². The first-order chi connectivity index (χ1) is 13.9. The van der Waals surface area contributed by atoms with Gasteiger partial charge >= 0.3 is 5.97 Å². The first kappa shape index (κ1) is 21.9. The second kappa shape index (κ2) is 10.2. The molecule has 0 heterocycles. The largest absolute Gasteiger partial charge is 0.494 e. The molecule has 2 rings (SSSR count). The number of carbonyl (C=O) groups is 2. The van der Waals surface area contributed by atoms with Crippen molar-refractivity contribution in [1.82, 2.24) is 0 Å². The van der Waals surface area contributed by atoms with Crippen molar-refractivity contribution in [3.63, 3.8) is 0 Å². The van der Waals surface area contributed by atoms with Crippen LogP contribution in [0.5, 0.6) is 5.75 Å². The van der Waals surface area contributed by atoms with E-state index < -0.39 is 29.3 Å². The molecule has 0 unspecified atom stereocenters. The maximum absolute atomic E-state index is 12.6. The zero-order valence-corrected chi connectivity index (χ0v) is 16.6. The summed E-state index contributed by atoms with van der Waals surface area (Å²) in [7, 11) is 1.34. The molecule has 0 saturated heterocycles. The molecule has 0 aromatic heterocycles. The minimum atomic E-state index is -0.568. The van der Waals surface area contributed by atoms with Gasteiger partial charge in [0.2, 0.25) is 0 Å². The lowest BCUT2D eigenvalue weighted by Gasteiger charge is -2.21. The molecule has 0 aliphatic carbocycles. The van der Waals surface area contributed by atoms with E-state index in [0.717, 1.165) is 12.0 Å². The Hall–Kier alpha value is -3.42. The lowest BCUT2D eigenvalue weighted by atomic mass is 9.86. The van der Waals surface area contributed by atoms with Crippen LogP contribution >= 0.6 is 0 Å². The standard InChI is InChI=1S/C21H24N2O6/c1-4-14(2)20(15-8-6-5-7-9-15)21(25)29-13-19(24)22-17-11-10-16(23(26)27)12-18(17)28-3/h5-12,14,20H,4,13H2,1-3H3,(H,22,24)/t14-,20+/m0/s1. The number of nitro groups is 1. The molecular weight excluding hydrogens is 376 g/mol. The zero-order chi connectivity index (χ0) is 21.4. The van der Waals surface area contributed by atoms with Crippen LogP contribution in [-0.4, -0.2) is 30.5 Å². The van der Waals surface area contributed by atoms with E-state index >= 15 is 0 Å². The number of esters is 1. The van der Waals surface area contributed by atoms with E-state index in [0.29, 0.717) is 0 Å². The van der Waals surface area contributed by atoms with Crippen LogP contribution in [0, 0.1) is 16.0 Å². The Morgan fingerprint density at radius 3 is 2.45 bits per heavy atom. The average molecular weight is 400 g/mol. The van der Waals surface area contributed by atoms with Gasteiger partial charge in [0.25, 0.3) is 11.6 Å². The van der Waals surface area contributed by atoms with E-state index in [4.69, 9.17) is 9.47 Å². The van der Waals surface area contributed by atoms with Crippen LogP contribution in [0.1, 0.15) is 31.7 Å². The second-order valence-corrected chi connectivity index (χ2v) is 6.57. The third kappa shape index (κ3) is 5.78. The summed E-state index contributed by atoms with van der Waals surface area (Å²) in [4.78, 5) is 35.2. The smallest absolute Gasteiger partial charge is 0.314 e. The highest BCUT2D eigenvalue weighted by Gasteiger charge is 2.28. The molecule has 0 bridgehead atoms. The SMILES string of the molecule is CC[C@H](C)[C@@H](C(=O)OCC(=O)Nc1ccc([N+](=O)[O-])cc1OC)c1ccccc1. The van der Waals surface area contributed by atoms with Crippen molar-refractivity contribution >= 4 is 23.3 Å². The van der Waals surface area contributed by atoms with Crippen LogP contribution in [0.4, 0.5) is 11.4 Å². The van der Waals surface area contributed by atoms with Crippen LogP contribution in [-0.2, 0) is 14.3 Å². The Morgan fingerprint density at radius 2 is 1.86 bits per heavy atom. The number of nitro benzene ring substituents is 1. The molecule has 8 nitrogen and oxygen atoms in total. The van der Waals surface area contributed by atoms with Gasteiger partial charge in [-0.2, -0.15) is 0 Å². The number of carbonyl (C=O) groups excluding carboxylic acids is 2. The Labute approximate surface area is 169 Å². The third-order valence-corrected chi connectivity index (χ3v) is 4.64. The van der Waals surface area contributed by atoms with E-state index in [-0.39, 0.29) is 23.0 Å². The lowest BCUT2D eigenvalue weighted by Crippen LogP contribution is -2.27. The van der Waals surface area contributed by atoms with E-state index in [1.165, 1.54) is 25.3 Å². The average Bonchev–Trinajstić information content (AvgIpc) is 2.73. The fourth-order valence-electron chi connectivity index (χ4n) is 2.90. The summed E-state index contributed by atoms with van der Waals surface area (Å²) in [5, 5.41) is 13.4. The number of rotatable bonds is 9. The van der Waals surface area contributed by atoms with Gasteiger partial charge in [0.15, 0.2) is 6.61 Å². The van der Waals surface area contributed by atoms with Crippen molar-refractivity contribution < 1.29 is 24.0 Å². The predicted molar refractivity (Wildman–Crippen MR) is 108 cm³/mol. The summed E-state index contributed by atoms with van der Waals surface area (Å²) >= 11 is 0. The van der Waals surface area contributed by atoms with Gasteiger partial charge in [-0.15, -0.1) is 0 Å². The fourth-order valence-corrected chi connectivity index (χ4v) is 2.90. The second-order valence-electron chi connectivity index (χ2n) is 6.57. The van der Waals surface area contributed by atoms with E-state index in [1.54, 1.807) is 0 Å². The number of amides is 1. The van der Waals surface area contributed by atoms with E-state index in [2.05, 4.69) is 5.32 Å². The van der Waals surface area contributed by atoms with Gasteiger partial charge in [-0.1, -0.05) is 50.6 Å². The van der Waals surface area contributed by atoms with Crippen LogP contribution in [0.25, 0.3) is 0 Å². The number of nitrogens with one attached hydrogen (secondary N) is 1. The molecule has 1 N–H and O–H groups in total. The molecule has 2 aromatic carbocycles. The summed E-state index contributed by atoms with van der Waals surface area (Å²) in [6.45, 7) is 3.47. The van der Waals surface area contributed by atoms with Crippen molar-refractivity contribution in [2.75, 3.05) is 19.0 Å². The van der Waals surface area contributed by atoms with Crippen LogP contribution in [0.15, 0.2) is 48.5 Å². The molecule has 2 atom stereocenters. The summed E-state index contributed by atoms with van der Waals surface area (Å²) in [6.07, 6.45) is 0.779. The number of benzene rings is 2. The monoisotopic (exact) mass is 400 g/mol. The number of nitrogens with zero attached hydrogens (tertiary/aromatic N) is 1. The number of hydrogen-bond acceptors (Lipinski definition) is 6. The van der Waals surface area contributed by atoms with Crippen molar-refractivity contribution in [2.24, 2.45) is 5.92 Å². The number of ether oxygens (including phenoxy) is 2. The van der Waals surface area contributed by atoms with Gasteiger partial charge in [0, 0.05) is 6.07 Å². The third-order valence-electron chi connectivity index (χ3n) is 4.64. The number of anilines is 1. The molecular formula is C21H24N2O6. The summed E-state index contributed by atoms with van der Waals surface area (Å²) in [6, 6.07) is 13.1. The molecule has 0 aliphatic rings. The minimum absolute atomic E-state index is 0.0442.